The zero-order chi connectivity index (χ0) is 8.10. The van der Waals surface area contributed by atoms with E-state index in [1.807, 2.05) is 24.3 Å². The maximum Gasteiger partial charge on any atom is 0.0604 e. The summed E-state index contributed by atoms with van der Waals surface area (Å²) in [5.41, 5.74) is 1.02. The van der Waals surface area contributed by atoms with Crippen molar-refractivity contribution in [2.24, 2.45) is 0 Å². The topological polar surface area (TPSA) is 32.3 Å². The van der Waals surface area contributed by atoms with Gasteiger partial charge in [-0.2, -0.15) is 0 Å². The van der Waals surface area contributed by atoms with Crippen molar-refractivity contribution in [2.75, 3.05) is 18.5 Å². The number of benzene rings is 1. The highest BCUT2D eigenvalue weighted by Crippen LogP contribution is 2.20. The van der Waals surface area contributed by atoms with Gasteiger partial charge in [-0.25, -0.2) is 0 Å². The molecule has 2 nitrogen and oxygen atoms in total. The van der Waals surface area contributed by atoms with Crippen LogP contribution in [0.2, 0.25) is 0 Å². The molecule has 11 heavy (non-hydrogen) atoms. The molecular weight excluding hydrogens is 206 g/mol. The first kappa shape index (κ1) is 8.56. The third-order valence-corrected chi connectivity index (χ3v) is 1.99. The number of aliphatic hydroxyl groups is 1. The van der Waals surface area contributed by atoms with E-state index in [-0.39, 0.29) is 6.61 Å². The Hall–Kier alpha value is -0.540. The second-order valence-electron chi connectivity index (χ2n) is 2.13. The molecule has 1 aromatic carbocycles. The molecule has 60 valence electrons. The van der Waals surface area contributed by atoms with Crippen LogP contribution in [0.15, 0.2) is 28.7 Å². The molecule has 1 rings (SSSR count). The molecule has 0 saturated carbocycles. The van der Waals surface area contributed by atoms with Gasteiger partial charge in [0.1, 0.15) is 0 Å². The van der Waals surface area contributed by atoms with Gasteiger partial charge in [0.05, 0.1) is 6.61 Å². The van der Waals surface area contributed by atoms with Gasteiger partial charge in [-0.3, -0.25) is 0 Å². The van der Waals surface area contributed by atoms with Crippen LogP contribution < -0.4 is 5.32 Å². The minimum absolute atomic E-state index is 0.154. The highest BCUT2D eigenvalue weighted by Gasteiger charge is 1.94. The Morgan fingerprint density at radius 2 is 2.09 bits per heavy atom. The average molecular weight is 216 g/mol. The molecule has 0 aromatic heterocycles. The standard InChI is InChI=1S/C8H10BrNO/c9-7-3-1-2-4-8(7)10-5-6-11/h1-4,10-11H,5-6H2. The fraction of sp³-hybridized carbons (Fsp3) is 0.250. The van der Waals surface area contributed by atoms with E-state index in [9.17, 15) is 0 Å². The van der Waals surface area contributed by atoms with Crippen LogP contribution in [0.25, 0.3) is 0 Å². The Balaban J connectivity index is 2.62. The minimum atomic E-state index is 0.154. The summed E-state index contributed by atoms with van der Waals surface area (Å²) in [6, 6.07) is 7.82. The fourth-order valence-electron chi connectivity index (χ4n) is 0.795. The first-order valence-electron chi connectivity index (χ1n) is 3.44. The van der Waals surface area contributed by atoms with Crippen LogP contribution in [-0.4, -0.2) is 18.3 Å². The van der Waals surface area contributed by atoms with Gasteiger partial charge in [0, 0.05) is 16.7 Å². The number of para-hydroxylation sites is 1. The van der Waals surface area contributed by atoms with E-state index in [0.717, 1.165) is 10.2 Å². The van der Waals surface area contributed by atoms with Gasteiger partial charge < -0.3 is 10.4 Å². The maximum atomic E-state index is 8.54. The number of halogens is 1. The largest absolute Gasteiger partial charge is 0.395 e. The van der Waals surface area contributed by atoms with Gasteiger partial charge in [0.25, 0.3) is 0 Å². The van der Waals surface area contributed by atoms with Crippen molar-refractivity contribution in [1.82, 2.24) is 0 Å². The van der Waals surface area contributed by atoms with Crippen LogP contribution in [0, 0.1) is 0 Å². The first-order chi connectivity index (χ1) is 5.34. The monoisotopic (exact) mass is 215 g/mol. The van der Waals surface area contributed by atoms with E-state index in [1.165, 1.54) is 0 Å². The van der Waals surface area contributed by atoms with E-state index in [1.54, 1.807) is 0 Å². The third kappa shape index (κ3) is 2.52. The lowest BCUT2D eigenvalue weighted by molar-refractivity contribution is 0.311. The zero-order valence-electron chi connectivity index (χ0n) is 6.05. The lowest BCUT2D eigenvalue weighted by Gasteiger charge is -2.05. The lowest BCUT2D eigenvalue weighted by Crippen LogP contribution is -2.05. The smallest absolute Gasteiger partial charge is 0.0604 e. The molecule has 0 aliphatic heterocycles. The normalized spacial score (nSPS) is 9.64. The van der Waals surface area contributed by atoms with E-state index >= 15 is 0 Å². The van der Waals surface area contributed by atoms with Gasteiger partial charge in [0.15, 0.2) is 0 Å². The van der Waals surface area contributed by atoms with Crippen LogP contribution in [0.5, 0.6) is 0 Å². The van der Waals surface area contributed by atoms with Gasteiger partial charge >= 0.3 is 0 Å². The van der Waals surface area contributed by atoms with E-state index in [2.05, 4.69) is 21.2 Å². The summed E-state index contributed by atoms with van der Waals surface area (Å²) in [5.74, 6) is 0. The van der Waals surface area contributed by atoms with Crippen molar-refractivity contribution in [2.45, 2.75) is 0 Å². The number of nitrogens with one attached hydrogen (secondary N) is 1. The molecule has 3 heteroatoms. The summed E-state index contributed by atoms with van der Waals surface area (Å²) in [6.07, 6.45) is 0. The molecule has 0 spiro atoms. The van der Waals surface area contributed by atoms with Gasteiger partial charge in [-0.1, -0.05) is 12.1 Å². The zero-order valence-corrected chi connectivity index (χ0v) is 7.63. The van der Waals surface area contributed by atoms with E-state index < -0.39 is 0 Å². The highest BCUT2D eigenvalue weighted by molar-refractivity contribution is 9.10. The van der Waals surface area contributed by atoms with E-state index in [0.29, 0.717) is 6.54 Å². The molecular formula is C8H10BrNO. The Morgan fingerprint density at radius 3 is 2.73 bits per heavy atom. The SMILES string of the molecule is OCCNc1ccccc1Br. The predicted octanol–water partition coefficient (Wildman–Crippen LogP) is 1.85. The summed E-state index contributed by atoms with van der Waals surface area (Å²) in [4.78, 5) is 0. The second-order valence-corrected chi connectivity index (χ2v) is 2.98. The molecule has 2 N–H and O–H groups in total. The van der Waals surface area contributed by atoms with Gasteiger partial charge in [-0.15, -0.1) is 0 Å². The first-order valence-corrected chi connectivity index (χ1v) is 4.23. The molecule has 0 amide bonds. The summed E-state index contributed by atoms with van der Waals surface area (Å²) in [6.45, 7) is 0.740. The third-order valence-electron chi connectivity index (χ3n) is 1.30. The van der Waals surface area contributed by atoms with Crippen molar-refractivity contribution in [3.05, 3.63) is 28.7 Å². The molecule has 0 radical (unpaired) electrons. The van der Waals surface area contributed by atoms with Crippen molar-refractivity contribution in [3.63, 3.8) is 0 Å². The van der Waals surface area contributed by atoms with Crippen LogP contribution in [0.4, 0.5) is 5.69 Å². The predicted molar refractivity (Wildman–Crippen MR) is 49.7 cm³/mol. The number of anilines is 1. The molecule has 0 bridgehead atoms. The molecule has 0 aliphatic carbocycles. The van der Waals surface area contributed by atoms with Crippen LogP contribution in [0.1, 0.15) is 0 Å². The Kier molecular flexibility index (Phi) is 3.39. The van der Waals surface area contributed by atoms with Crippen LogP contribution in [0.3, 0.4) is 0 Å². The molecule has 0 aliphatic rings. The number of rotatable bonds is 3. The number of hydrogen-bond acceptors (Lipinski definition) is 2. The van der Waals surface area contributed by atoms with Gasteiger partial charge in [-0.05, 0) is 28.1 Å². The summed E-state index contributed by atoms with van der Waals surface area (Å²) >= 11 is 3.38. The molecule has 1 aromatic rings. The Labute approximate surface area is 74.4 Å². The van der Waals surface area contributed by atoms with Crippen molar-refractivity contribution < 1.29 is 5.11 Å². The molecule has 0 heterocycles. The lowest BCUT2D eigenvalue weighted by atomic mass is 10.3. The highest BCUT2D eigenvalue weighted by atomic mass is 79.9. The fourth-order valence-corrected chi connectivity index (χ4v) is 1.22. The van der Waals surface area contributed by atoms with Gasteiger partial charge in [0.2, 0.25) is 0 Å². The van der Waals surface area contributed by atoms with Crippen LogP contribution >= 0.6 is 15.9 Å². The molecule has 0 saturated heterocycles. The minimum Gasteiger partial charge on any atom is -0.395 e. The number of hydrogen-bond donors (Lipinski definition) is 2. The maximum absolute atomic E-state index is 8.54. The molecule has 0 atom stereocenters. The molecule has 0 unspecified atom stereocenters. The Morgan fingerprint density at radius 1 is 1.36 bits per heavy atom. The summed E-state index contributed by atoms with van der Waals surface area (Å²) < 4.78 is 1.02. The van der Waals surface area contributed by atoms with E-state index in [4.69, 9.17) is 5.11 Å². The second kappa shape index (κ2) is 4.36. The summed E-state index contributed by atoms with van der Waals surface area (Å²) in [7, 11) is 0. The summed E-state index contributed by atoms with van der Waals surface area (Å²) in [5, 5.41) is 11.6. The Bertz CT molecular complexity index is 227. The van der Waals surface area contributed by atoms with Crippen molar-refractivity contribution in [3.8, 4) is 0 Å². The van der Waals surface area contributed by atoms with Crippen molar-refractivity contribution in [1.29, 1.82) is 0 Å². The van der Waals surface area contributed by atoms with Crippen LogP contribution in [-0.2, 0) is 0 Å². The average Bonchev–Trinajstić information content (AvgIpc) is 2.03. The number of aliphatic hydroxyl groups excluding tert-OH is 1. The van der Waals surface area contributed by atoms with Crippen molar-refractivity contribution >= 4 is 21.6 Å². The molecule has 0 fully saturated rings. The quantitative estimate of drug-likeness (QED) is 0.808.